The molecule has 3 fully saturated rings. The number of rotatable bonds is 5. The first kappa shape index (κ1) is 23.0. The summed E-state index contributed by atoms with van der Waals surface area (Å²) in [7, 11) is 0. The lowest BCUT2D eigenvalue weighted by Gasteiger charge is -2.31. The molecule has 1 N–H and O–H groups in total. The topological polar surface area (TPSA) is 71.9 Å². The summed E-state index contributed by atoms with van der Waals surface area (Å²) in [6, 6.07) is 4.14. The molecule has 2 atom stereocenters. The number of H-pyrrole nitrogens is 1. The van der Waals surface area contributed by atoms with Crippen LogP contribution in [-0.2, 0) is 10.2 Å². The number of nitrogens with one attached hydrogen (secondary N) is 1. The molecule has 3 aliphatic rings. The number of aryl methyl sites for hydroxylation is 1. The van der Waals surface area contributed by atoms with Gasteiger partial charge in [-0.25, -0.2) is 14.4 Å². The number of benzene rings is 1. The Hall–Kier alpha value is -3.10. The molecule has 0 bridgehead atoms. The van der Waals surface area contributed by atoms with Gasteiger partial charge >= 0.3 is 0 Å². The van der Waals surface area contributed by atoms with E-state index in [4.69, 9.17) is 14.8 Å². The summed E-state index contributed by atoms with van der Waals surface area (Å²) in [6.45, 7) is 9.03. The molecule has 2 saturated heterocycles. The second-order valence-corrected chi connectivity index (χ2v) is 11.1. The van der Waals surface area contributed by atoms with Crippen molar-refractivity contribution in [3.8, 4) is 22.4 Å². The third-order valence-electron chi connectivity index (χ3n) is 9.00. The molecule has 5 heterocycles. The standard InChI is InChI=1S/C29H33FN6O/c1-3-35-7-4-22(5-8-35)36-16-20(13-33-36)23-14-31-28-27(23)34-25(15-32-28)19-10-18(2)26(24(30)11-19)29-6-9-37-17-21(29)12-29/h10-11,13-16,21-22H,3-9,12,17H2,1-2H3,(H,31,32). The molecule has 0 spiro atoms. The molecule has 4 aromatic rings. The van der Waals surface area contributed by atoms with Gasteiger partial charge in [0.15, 0.2) is 5.65 Å². The molecule has 7 rings (SSSR count). The number of nitrogens with zero attached hydrogens (tertiary/aromatic N) is 5. The summed E-state index contributed by atoms with van der Waals surface area (Å²) in [4.78, 5) is 15.3. The second kappa shape index (κ2) is 8.74. The Bertz CT molecular complexity index is 1450. The van der Waals surface area contributed by atoms with Gasteiger partial charge in [-0.3, -0.25) is 4.68 Å². The first-order valence-corrected chi connectivity index (χ1v) is 13.6. The maximum atomic E-state index is 15.6. The van der Waals surface area contributed by atoms with E-state index < -0.39 is 0 Å². The molecule has 8 heteroatoms. The fourth-order valence-corrected chi connectivity index (χ4v) is 6.77. The highest BCUT2D eigenvalue weighted by molar-refractivity contribution is 5.91. The molecule has 1 saturated carbocycles. The van der Waals surface area contributed by atoms with Gasteiger partial charge in [0.05, 0.1) is 30.7 Å². The molecule has 3 aromatic heterocycles. The summed E-state index contributed by atoms with van der Waals surface area (Å²) < 4.78 is 23.3. The fraction of sp³-hybridized carbons (Fsp3) is 0.483. The van der Waals surface area contributed by atoms with Crippen LogP contribution in [0.2, 0.25) is 0 Å². The fourth-order valence-electron chi connectivity index (χ4n) is 6.77. The normalized spacial score (nSPS) is 24.5. The summed E-state index contributed by atoms with van der Waals surface area (Å²) >= 11 is 0. The van der Waals surface area contributed by atoms with E-state index in [9.17, 15) is 0 Å². The SMILES string of the molecule is CCN1CCC(n2cc(-c3c[nH]c4ncc(-c5cc(C)c(C67CCOCC6C7)c(F)c5)nc34)cn2)CC1. The molecule has 37 heavy (non-hydrogen) atoms. The number of likely N-dealkylation sites (tertiary alicyclic amines) is 1. The van der Waals surface area contributed by atoms with Crippen LogP contribution < -0.4 is 0 Å². The van der Waals surface area contributed by atoms with E-state index in [-0.39, 0.29) is 11.2 Å². The van der Waals surface area contributed by atoms with Crippen molar-refractivity contribution >= 4 is 11.2 Å². The molecule has 0 radical (unpaired) electrons. The van der Waals surface area contributed by atoms with Crippen molar-refractivity contribution in [3.63, 3.8) is 0 Å². The van der Waals surface area contributed by atoms with E-state index in [1.807, 2.05) is 19.3 Å². The Kier molecular flexibility index (Phi) is 5.44. The van der Waals surface area contributed by atoms with Crippen molar-refractivity contribution in [3.05, 3.63) is 53.9 Å². The van der Waals surface area contributed by atoms with E-state index in [0.717, 1.165) is 90.9 Å². The molecule has 1 aliphatic carbocycles. The zero-order chi connectivity index (χ0) is 25.1. The minimum Gasteiger partial charge on any atom is -0.381 e. The third kappa shape index (κ3) is 3.80. The summed E-state index contributed by atoms with van der Waals surface area (Å²) in [5, 5.41) is 4.70. The van der Waals surface area contributed by atoms with Crippen molar-refractivity contribution in [2.75, 3.05) is 32.8 Å². The highest BCUT2D eigenvalue weighted by Gasteiger charge is 2.58. The summed E-state index contributed by atoms with van der Waals surface area (Å²) in [6.07, 6.45) is 11.9. The van der Waals surface area contributed by atoms with Crippen LogP contribution in [-0.4, -0.2) is 62.5 Å². The number of aromatic nitrogens is 5. The minimum atomic E-state index is -0.133. The van der Waals surface area contributed by atoms with Gasteiger partial charge in [-0.2, -0.15) is 5.10 Å². The smallest absolute Gasteiger partial charge is 0.156 e. The van der Waals surface area contributed by atoms with Crippen molar-refractivity contribution in [1.29, 1.82) is 0 Å². The van der Waals surface area contributed by atoms with Crippen molar-refractivity contribution < 1.29 is 9.13 Å². The Labute approximate surface area is 216 Å². The van der Waals surface area contributed by atoms with E-state index in [0.29, 0.717) is 24.3 Å². The zero-order valence-corrected chi connectivity index (χ0v) is 21.5. The largest absolute Gasteiger partial charge is 0.381 e. The molecular formula is C29H33FN6O. The maximum absolute atomic E-state index is 15.6. The van der Waals surface area contributed by atoms with Crippen LogP contribution in [0.3, 0.4) is 0 Å². The number of aromatic amines is 1. The molecular weight excluding hydrogens is 467 g/mol. The van der Waals surface area contributed by atoms with Crippen LogP contribution in [0.15, 0.2) is 36.9 Å². The Morgan fingerprint density at radius 2 is 2.05 bits per heavy atom. The number of ether oxygens (including phenoxy) is 1. The monoisotopic (exact) mass is 500 g/mol. The van der Waals surface area contributed by atoms with Crippen LogP contribution >= 0.6 is 0 Å². The highest BCUT2D eigenvalue weighted by Crippen LogP contribution is 2.60. The van der Waals surface area contributed by atoms with Gasteiger partial charge in [0.1, 0.15) is 11.3 Å². The number of hydrogen-bond donors (Lipinski definition) is 1. The number of fused-ring (bicyclic) bond motifs is 2. The Morgan fingerprint density at radius 1 is 1.19 bits per heavy atom. The van der Waals surface area contributed by atoms with E-state index in [1.165, 1.54) is 0 Å². The van der Waals surface area contributed by atoms with Gasteiger partial charge in [-0.1, -0.05) is 6.92 Å². The molecule has 0 amide bonds. The number of hydrogen-bond acceptors (Lipinski definition) is 5. The molecule has 192 valence electrons. The number of piperidine rings is 1. The van der Waals surface area contributed by atoms with Crippen molar-refractivity contribution in [2.24, 2.45) is 5.92 Å². The molecule has 2 aliphatic heterocycles. The van der Waals surface area contributed by atoms with E-state index in [2.05, 4.69) is 38.7 Å². The lowest BCUT2D eigenvalue weighted by molar-refractivity contribution is 0.0794. The minimum absolute atomic E-state index is 0.0400. The first-order valence-electron chi connectivity index (χ1n) is 13.6. The maximum Gasteiger partial charge on any atom is 0.156 e. The van der Waals surface area contributed by atoms with Crippen LogP contribution in [0, 0.1) is 18.7 Å². The average Bonchev–Trinajstić information content (AvgIpc) is 3.22. The van der Waals surface area contributed by atoms with Gasteiger partial charge in [0.2, 0.25) is 0 Å². The third-order valence-corrected chi connectivity index (χ3v) is 9.00. The molecule has 7 nitrogen and oxygen atoms in total. The first-order chi connectivity index (χ1) is 18.1. The van der Waals surface area contributed by atoms with Crippen LogP contribution in [0.5, 0.6) is 0 Å². The second-order valence-electron chi connectivity index (χ2n) is 11.1. The van der Waals surface area contributed by atoms with E-state index >= 15 is 4.39 Å². The number of halogens is 1. The summed E-state index contributed by atoms with van der Waals surface area (Å²) in [5.41, 5.74) is 6.76. The lowest BCUT2D eigenvalue weighted by Crippen LogP contribution is -2.34. The van der Waals surface area contributed by atoms with Crippen LogP contribution in [0.1, 0.15) is 49.8 Å². The quantitative estimate of drug-likeness (QED) is 0.404. The Morgan fingerprint density at radius 3 is 2.84 bits per heavy atom. The van der Waals surface area contributed by atoms with Gasteiger partial charge in [-0.05, 0) is 68.3 Å². The lowest BCUT2D eigenvalue weighted by atomic mass is 9.84. The van der Waals surface area contributed by atoms with Gasteiger partial charge in [-0.15, -0.1) is 0 Å². The van der Waals surface area contributed by atoms with Crippen molar-refractivity contribution in [2.45, 2.75) is 51.0 Å². The molecule has 1 aromatic carbocycles. The predicted octanol–water partition coefficient (Wildman–Crippen LogP) is 5.27. The predicted molar refractivity (Wildman–Crippen MR) is 141 cm³/mol. The van der Waals surface area contributed by atoms with Gasteiger partial charge in [0.25, 0.3) is 0 Å². The summed E-state index contributed by atoms with van der Waals surface area (Å²) in [5.74, 6) is 0.310. The Balaban J connectivity index is 1.20. The van der Waals surface area contributed by atoms with Crippen molar-refractivity contribution in [1.82, 2.24) is 29.6 Å². The van der Waals surface area contributed by atoms with Crippen LogP contribution in [0.4, 0.5) is 4.39 Å². The zero-order valence-electron chi connectivity index (χ0n) is 21.5. The van der Waals surface area contributed by atoms with Crippen LogP contribution in [0.25, 0.3) is 33.5 Å². The van der Waals surface area contributed by atoms with Gasteiger partial charge < -0.3 is 14.6 Å². The average molecular weight is 501 g/mol. The van der Waals surface area contributed by atoms with Gasteiger partial charge in [0, 0.05) is 54.2 Å². The molecule has 2 unspecified atom stereocenters. The highest BCUT2D eigenvalue weighted by atomic mass is 19.1. The van der Waals surface area contributed by atoms with E-state index in [1.54, 1.807) is 12.3 Å².